The number of sulfonamides is 1. The molecule has 23 heavy (non-hydrogen) atoms. The average Bonchev–Trinajstić information content (AvgIpc) is 2.95. The first-order valence-electron chi connectivity index (χ1n) is 6.53. The van der Waals surface area contributed by atoms with Crippen LogP contribution in [0.2, 0.25) is 5.02 Å². The molecule has 0 atom stereocenters. The van der Waals surface area contributed by atoms with Crippen LogP contribution in [0, 0.1) is 0 Å². The van der Waals surface area contributed by atoms with Crippen molar-refractivity contribution in [3.05, 3.63) is 70.4 Å². The van der Waals surface area contributed by atoms with Gasteiger partial charge < -0.3 is 0 Å². The van der Waals surface area contributed by atoms with Gasteiger partial charge in [0.15, 0.2) is 0 Å². The number of hydrogen-bond acceptors (Lipinski definition) is 3. The van der Waals surface area contributed by atoms with E-state index in [2.05, 4.69) is 25.8 Å². The number of rotatable bonds is 4. The highest BCUT2D eigenvalue weighted by atomic mass is 79.9. The molecule has 0 radical (unpaired) electrons. The fraction of sp³-hybridized carbons (Fsp3) is 0. The Bertz CT molecular complexity index is 922. The summed E-state index contributed by atoms with van der Waals surface area (Å²) < 4.78 is 29.6. The smallest absolute Gasteiger partial charge is 0.261 e. The number of benzene rings is 2. The fourth-order valence-electron chi connectivity index (χ4n) is 1.95. The van der Waals surface area contributed by atoms with E-state index in [-0.39, 0.29) is 4.90 Å². The molecule has 0 aliphatic carbocycles. The first-order valence-corrected chi connectivity index (χ1v) is 9.18. The molecular formula is C15H11BrClN3O2S. The molecule has 0 saturated carbocycles. The van der Waals surface area contributed by atoms with Gasteiger partial charge in [-0.25, -0.2) is 13.1 Å². The summed E-state index contributed by atoms with van der Waals surface area (Å²) in [6.45, 7) is 0. The molecule has 2 aromatic carbocycles. The van der Waals surface area contributed by atoms with Gasteiger partial charge in [-0.05, 0) is 48.5 Å². The van der Waals surface area contributed by atoms with E-state index in [1.165, 1.54) is 18.3 Å². The number of anilines is 1. The largest absolute Gasteiger partial charge is 0.280 e. The highest BCUT2D eigenvalue weighted by Gasteiger charge is 2.13. The lowest BCUT2D eigenvalue weighted by Crippen LogP contribution is -2.12. The molecule has 0 unspecified atom stereocenters. The van der Waals surface area contributed by atoms with E-state index in [0.717, 1.165) is 10.2 Å². The second-order valence-electron chi connectivity index (χ2n) is 4.71. The van der Waals surface area contributed by atoms with Crippen LogP contribution < -0.4 is 4.72 Å². The minimum Gasteiger partial charge on any atom is -0.280 e. The number of aromatic nitrogens is 2. The highest BCUT2D eigenvalue weighted by molar-refractivity contribution is 9.10. The summed E-state index contributed by atoms with van der Waals surface area (Å²) in [5.74, 6) is 0. The predicted molar refractivity (Wildman–Crippen MR) is 93.5 cm³/mol. The number of nitrogens with one attached hydrogen (secondary N) is 1. The van der Waals surface area contributed by atoms with Gasteiger partial charge in [-0.2, -0.15) is 5.10 Å². The van der Waals surface area contributed by atoms with E-state index in [1.54, 1.807) is 47.3 Å². The van der Waals surface area contributed by atoms with Crippen LogP contribution in [0.25, 0.3) is 5.69 Å². The van der Waals surface area contributed by atoms with Gasteiger partial charge in [-0.15, -0.1) is 0 Å². The van der Waals surface area contributed by atoms with Gasteiger partial charge in [0.25, 0.3) is 10.0 Å². The molecule has 3 aromatic rings. The van der Waals surface area contributed by atoms with Crippen LogP contribution in [0.15, 0.2) is 70.3 Å². The van der Waals surface area contributed by atoms with Crippen LogP contribution in [0.4, 0.5) is 5.69 Å². The Balaban J connectivity index is 1.81. The topological polar surface area (TPSA) is 64.0 Å². The molecule has 3 rings (SSSR count). The van der Waals surface area contributed by atoms with Crippen molar-refractivity contribution in [1.82, 2.24) is 9.78 Å². The Hall–Kier alpha value is -1.83. The van der Waals surface area contributed by atoms with Crippen molar-refractivity contribution in [1.29, 1.82) is 0 Å². The van der Waals surface area contributed by atoms with Crippen molar-refractivity contribution in [2.45, 2.75) is 4.90 Å². The monoisotopic (exact) mass is 411 g/mol. The molecule has 0 fully saturated rings. The number of nitrogens with zero attached hydrogens (tertiary/aromatic N) is 2. The minimum atomic E-state index is -3.62. The second kappa shape index (κ2) is 6.35. The lowest BCUT2D eigenvalue weighted by atomic mass is 10.3. The number of hydrogen-bond donors (Lipinski definition) is 1. The summed E-state index contributed by atoms with van der Waals surface area (Å²) in [5.41, 5.74) is 1.25. The van der Waals surface area contributed by atoms with Crippen molar-refractivity contribution in [2.75, 3.05) is 4.72 Å². The molecule has 0 spiro atoms. The van der Waals surface area contributed by atoms with E-state index in [4.69, 9.17) is 11.6 Å². The summed E-state index contributed by atoms with van der Waals surface area (Å²) in [5, 5.41) is 4.62. The average molecular weight is 413 g/mol. The van der Waals surface area contributed by atoms with Crippen molar-refractivity contribution < 1.29 is 8.42 Å². The van der Waals surface area contributed by atoms with E-state index < -0.39 is 10.0 Å². The Morgan fingerprint density at radius 2 is 1.70 bits per heavy atom. The maximum absolute atomic E-state index is 12.3. The van der Waals surface area contributed by atoms with Gasteiger partial charge in [0.1, 0.15) is 0 Å². The minimum absolute atomic E-state index is 0.198. The third-order valence-corrected chi connectivity index (χ3v) is 5.18. The molecule has 8 heteroatoms. The van der Waals surface area contributed by atoms with E-state index >= 15 is 0 Å². The summed E-state index contributed by atoms with van der Waals surface area (Å²) in [7, 11) is -3.62. The first kappa shape index (κ1) is 16.0. The van der Waals surface area contributed by atoms with Gasteiger partial charge in [0.05, 0.1) is 21.8 Å². The molecule has 118 valence electrons. The number of halogens is 2. The zero-order chi connectivity index (χ0) is 16.4. The van der Waals surface area contributed by atoms with Crippen LogP contribution in [0.5, 0.6) is 0 Å². The van der Waals surface area contributed by atoms with Gasteiger partial charge in [-0.1, -0.05) is 27.5 Å². The highest BCUT2D eigenvalue weighted by Crippen LogP contribution is 2.20. The normalized spacial score (nSPS) is 11.4. The Labute approximate surface area is 147 Å². The second-order valence-corrected chi connectivity index (χ2v) is 7.74. The summed E-state index contributed by atoms with van der Waals surface area (Å²) in [6.07, 6.45) is 3.20. The van der Waals surface area contributed by atoms with Gasteiger partial charge in [-0.3, -0.25) is 4.72 Å². The maximum atomic E-state index is 12.3. The van der Waals surface area contributed by atoms with Crippen LogP contribution in [-0.4, -0.2) is 18.2 Å². The van der Waals surface area contributed by atoms with Gasteiger partial charge in [0.2, 0.25) is 0 Å². The molecule has 5 nitrogen and oxygen atoms in total. The zero-order valence-corrected chi connectivity index (χ0v) is 14.8. The van der Waals surface area contributed by atoms with Crippen LogP contribution in [-0.2, 0) is 10.0 Å². The van der Waals surface area contributed by atoms with Crippen molar-refractivity contribution in [3.8, 4) is 5.69 Å². The van der Waals surface area contributed by atoms with Crippen molar-refractivity contribution in [2.24, 2.45) is 0 Å². The first-order chi connectivity index (χ1) is 10.9. The third-order valence-electron chi connectivity index (χ3n) is 3.06. The molecule has 1 heterocycles. The maximum Gasteiger partial charge on any atom is 0.261 e. The van der Waals surface area contributed by atoms with E-state index in [0.29, 0.717) is 10.7 Å². The Kier molecular flexibility index (Phi) is 4.43. The van der Waals surface area contributed by atoms with E-state index in [9.17, 15) is 8.42 Å². The SMILES string of the molecule is O=S(=O)(Nc1ccc(-n2cc(Cl)cn2)cc1)c1ccc(Br)cc1. The van der Waals surface area contributed by atoms with Gasteiger partial charge >= 0.3 is 0 Å². The van der Waals surface area contributed by atoms with Gasteiger partial charge in [0, 0.05) is 16.4 Å². The molecule has 0 saturated heterocycles. The van der Waals surface area contributed by atoms with Crippen LogP contribution in [0.3, 0.4) is 0 Å². The lowest BCUT2D eigenvalue weighted by Gasteiger charge is -2.09. The molecule has 1 aromatic heterocycles. The molecule has 1 N–H and O–H groups in total. The summed E-state index contributed by atoms with van der Waals surface area (Å²) in [4.78, 5) is 0.198. The molecule has 0 aliphatic rings. The Morgan fingerprint density at radius 1 is 1.04 bits per heavy atom. The molecule has 0 bridgehead atoms. The van der Waals surface area contributed by atoms with Crippen molar-refractivity contribution >= 4 is 43.2 Å². The standard InChI is InChI=1S/C15H11BrClN3O2S/c16-11-1-7-15(8-2-11)23(21,22)19-13-3-5-14(6-4-13)20-10-12(17)9-18-20/h1-10,19H. The zero-order valence-electron chi connectivity index (χ0n) is 11.6. The third kappa shape index (κ3) is 3.74. The molecule has 0 aliphatic heterocycles. The Morgan fingerprint density at radius 3 is 2.26 bits per heavy atom. The summed E-state index contributed by atoms with van der Waals surface area (Å²) in [6, 6.07) is 13.3. The van der Waals surface area contributed by atoms with Crippen LogP contribution in [0.1, 0.15) is 0 Å². The predicted octanol–water partition coefficient (Wildman–Crippen LogP) is 4.09. The van der Waals surface area contributed by atoms with E-state index in [1.807, 2.05) is 0 Å². The summed E-state index contributed by atoms with van der Waals surface area (Å²) >= 11 is 9.11. The van der Waals surface area contributed by atoms with Crippen LogP contribution >= 0.6 is 27.5 Å². The molecular weight excluding hydrogens is 402 g/mol. The fourth-order valence-corrected chi connectivity index (χ4v) is 3.41. The molecule has 0 amide bonds. The quantitative estimate of drug-likeness (QED) is 0.702. The van der Waals surface area contributed by atoms with Crippen molar-refractivity contribution in [3.63, 3.8) is 0 Å². The lowest BCUT2D eigenvalue weighted by molar-refractivity contribution is 0.601.